The van der Waals surface area contributed by atoms with Crippen LogP contribution in [0.1, 0.15) is 0 Å². The van der Waals surface area contributed by atoms with Crippen molar-refractivity contribution in [2.45, 2.75) is 0 Å². The van der Waals surface area contributed by atoms with Crippen LogP contribution in [0, 0.1) is 0 Å². The summed E-state index contributed by atoms with van der Waals surface area (Å²) in [6.07, 6.45) is 0. The summed E-state index contributed by atoms with van der Waals surface area (Å²) < 4.78 is 4.85. The third-order valence-corrected chi connectivity index (χ3v) is 11.9. The lowest BCUT2D eigenvalue weighted by Gasteiger charge is -2.14. The Balaban J connectivity index is 1.19. The van der Waals surface area contributed by atoms with Crippen molar-refractivity contribution in [3.05, 3.63) is 200 Å². The van der Waals surface area contributed by atoms with Crippen molar-refractivity contribution in [3.8, 4) is 61.7 Å². The highest BCUT2D eigenvalue weighted by Gasteiger charge is 2.20. The monoisotopic (exact) mass is 731 g/mol. The van der Waals surface area contributed by atoms with Crippen LogP contribution < -0.4 is 0 Å². The van der Waals surface area contributed by atoms with E-state index in [0.717, 1.165) is 67.0 Å². The molecule has 0 atom stereocenters. The van der Waals surface area contributed by atoms with E-state index < -0.39 is 0 Å². The van der Waals surface area contributed by atoms with Crippen molar-refractivity contribution in [3.63, 3.8) is 0 Å². The van der Waals surface area contributed by atoms with Crippen molar-refractivity contribution >= 4 is 53.4 Å². The van der Waals surface area contributed by atoms with Gasteiger partial charge in [0, 0.05) is 36.7 Å². The molecule has 262 valence electrons. The fraction of sp³-hybridized carbons (Fsp3) is 0. The molecule has 7 aromatic carbocycles. The molecule has 0 saturated carbocycles. The van der Waals surface area contributed by atoms with Crippen LogP contribution in [0.5, 0.6) is 0 Å². The molecule has 11 rings (SSSR count). The van der Waals surface area contributed by atoms with Gasteiger partial charge >= 0.3 is 0 Å². The molecule has 56 heavy (non-hydrogen) atoms. The fourth-order valence-corrected chi connectivity index (χ4v) is 9.18. The molecule has 0 aliphatic rings. The van der Waals surface area contributed by atoms with E-state index in [-0.39, 0.29) is 0 Å². The third kappa shape index (κ3) is 5.58. The molecule has 0 radical (unpaired) electrons. The lowest BCUT2D eigenvalue weighted by Crippen LogP contribution is -2.00. The minimum atomic E-state index is 0.849. The van der Waals surface area contributed by atoms with Crippen molar-refractivity contribution in [2.75, 3.05) is 0 Å². The summed E-state index contributed by atoms with van der Waals surface area (Å²) in [5.74, 6) is 0.849. The molecule has 0 amide bonds. The van der Waals surface area contributed by atoms with E-state index in [1.807, 2.05) is 17.4 Å². The van der Waals surface area contributed by atoms with Gasteiger partial charge in [0.2, 0.25) is 0 Å². The summed E-state index contributed by atoms with van der Waals surface area (Å²) in [7, 11) is 0. The first kappa shape index (κ1) is 32.3. The van der Waals surface area contributed by atoms with Gasteiger partial charge < -0.3 is 0 Å². The van der Waals surface area contributed by atoms with Crippen molar-refractivity contribution in [2.24, 2.45) is 0 Å². The highest BCUT2D eigenvalue weighted by molar-refractivity contribution is 7.25. The van der Waals surface area contributed by atoms with Gasteiger partial charge in [0.25, 0.3) is 0 Å². The van der Waals surface area contributed by atoms with Crippen LogP contribution in [0.4, 0.5) is 0 Å². The molecule has 4 heterocycles. The molecular weight excluding hydrogens is 699 g/mol. The summed E-state index contributed by atoms with van der Waals surface area (Å²) in [5, 5.41) is 3.63. The predicted molar refractivity (Wildman–Crippen MR) is 236 cm³/mol. The molecule has 0 N–H and O–H groups in total. The van der Waals surface area contributed by atoms with Crippen molar-refractivity contribution in [1.29, 1.82) is 0 Å². The Kier molecular flexibility index (Phi) is 7.68. The van der Waals surface area contributed by atoms with Gasteiger partial charge in [0.15, 0.2) is 0 Å². The van der Waals surface area contributed by atoms with E-state index in [0.29, 0.717) is 0 Å². The quantitative estimate of drug-likeness (QED) is 0.170. The third-order valence-electron chi connectivity index (χ3n) is 10.8. The Morgan fingerprint density at radius 2 is 0.911 bits per heavy atom. The maximum absolute atomic E-state index is 5.53. The van der Waals surface area contributed by atoms with Crippen LogP contribution in [0.25, 0.3) is 104 Å². The zero-order chi connectivity index (χ0) is 37.0. The van der Waals surface area contributed by atoms with Crippen LogP contribution in [0.3, 0.4) is 0 Å². The van der Waals surface area contributed by atoms with Crippen molar-refractivity contribution in [1.82, 2.24) is 14.5 Å². The lowest BCUT2D eigenvalue weighted by atomic mass is 9.97. The Hall–Kier alpha value is -7.14. The molecule has 0 aliphatic heterocycles. The summed E-state index contributed by atoms with van der Waals surface area (Å²) in [6.45, 7) is 0. The summed E-state index contributed by atoms with van der Waals surface area (Å²) >= 11 is 1.84. The minimum Gasteiger partial charge on any atom is -0.292 e. The van der Waals surface area contributed by atoms with Gasteiger partial charge in [-0.25, -0.2) is 9.97 Å². The molecular formula is C52H33N3S. The van der Waals surface area contributed by atoms with Gasteiger partial charge in [-0.3, -0.25) is 4.57 Å². The Bertz CT molecular complexity index is 3130. The number of aromatic nitrogens is 3. The number of thiophene rings is 1. The number of nitrogens with zero attached hydrogens (tertiary/aromatic N) is 3. The summed E-state index contributed by atoms with van der Waals surface area (Å²) in [6, 6.07) is 71.4. The molecule has 11 aromatic rings. The first-order valence-electron chi connectivity index (χ1n) is 18.9. The number of benzene rings is 7. The second kappa shape index (κ2) is 13.3. The summed E-state index contributed by atoms with van der Waals surface area (Å²) in [5.41, 5.74) is 14.0. The van der Waals surface area contributed by atoms with Crippen LogP contribution in [0.15, 0.2) is 200 Å². The topological polar surface area (TPSA) is 30.7 Å². The zero-order valence-corrected chi connectivity index (χ0v) is 31.1. The number of pyridine rings is 2. The second-order valence-electron chi connectivity index (χ2n) is 14.2. The summed E-state index contributed by atoms with van der Waals surface area (Å²) in [4.78, 5) is 10.9. The highest BCUT2D eigenvalue weighted by atomic mass is 32.1. The number of hydrogen-bond acceptors (Lipinski definition) is 3. The maximum Gasteiger partial charge on any atom is 0.138 e. The standard InChI is InChI=1S/C52H33N3S/c1-4-14-34(15-5-1)37-20-12-22-39(28-37)41-30-46(40-23-13-21-38(29-40)35-16-6-2-7-17-35)53-51(31-41)55-47-27-26-45(36-18-8-3-9-19-36)54-52(47)44-32-43-42-24-10-11-25-49(42)56-50(43)33-48(44)55/h1-33H. The van der Waals surface area contributed by atoms with Gasteiger partial charge in [-0.1, -0.05) is 146 Å². The van der Waals surface area contributed by atoms with Crippen LogP contribution in [-0.4, -0.2) is 14.5 Å². The Morgan fingerprint density at radius 3 is 1.62 bits per heavy atom. The van der Waals surface area contributed by atoms with Crippen molar-refractivity contribution < 1.29 is 0 Å². The maximum atomic E-state index is 5.53. The second-order valence-corrected chi connectivity index (χ2v) is 15.3. The minimum absolute atomic E-state index is 0.849. The molecule has 0 saturated heterocycles. The SMILES string of the molecule is c1ccc(-c2cccc(-c3cc(-c4cccc(-c5ccccc5)c4)nc(-n4c5cc6sc7ccccc7c6cc5c5nc(-c6ccccc6)ccc54)c3)c2)cc1. The molecule has 0 unspecified atom stereocenters. The Labute approximate surface area is 328 Å². The lowest BCUT2D eigenvalue weighted by molar-refractivity contribution is 1.08. The van der Waals surface area contributed by atoms with Gasteiger partial charge in [0.05, 0.1) is 27.9 Å². The van der Waals surface area contributed by atoms with E-state index in [4.69, 9.17) is 9.97 Å². The molecule has 0 aliphatic carbocycles. The smallest absolute Gasteiger partial charge is 0.138 e. The molecule has 3 nitrogen and oxygen atoms in total. The number of fused-ring (bicyclic) bond motifs is 6. The molecule has 4 heteroatoms. The molecule has 4 aromatic heterocycles. The molecule has 0 spiro atoms. The first-order valence-corrected chi connectivity index (χ1v) is 19.7. The molecule has 0 bridgehead atoms. The zero-order valence-electron chi connectivity index (χ0n) is 30.3. The van der Waals surface area contributed by atoms with Crippen LogP contribution in [0.2, 0.25) is 0 Å². The van der Waals surface area contributed by atoms with Gasteiger partial charge in [-0.15, -0.1) is 11.3 Å². The Morgan fingerprint density at radius 1 is 0.321 bits per heavy atom. The van der Waals surface area contributed by atoms with Crippen LogP contribution in [-0.2, 0) is 0 Å². The highest BCUT2D eigenvalue weighted by Crippen LogP contribution is 2.41. The fourth-order valence-electron chi connectivity index (χ4n) is 8.05. The number of rotatable bonds is 6. The average molecular weight is 732 g/mol. The number of hydrogen-bond donors (Lipinski definition) is 0. The molecule has 0 fully saturated rings. The van der Waals surface area contributed by atoms with Crippen LogP contribution >= 0.6 is 11.3 Å². The average Bonchev–Trinajstić information content (AvgIpc) is 3.80. The van der Waals surface area contributed by atoms with Gasteiger partial charge in [0.1, 0.15) is 5.82 Å². The predicted octanol–water partition coefficient (Wildman–Crippen LogP) is 14.3. The van der Waals surface area contributed by atoms with E-state index >= 15 is 0 Å². The van der Waals surface area contributed by atoms with Gasteiger partial charge in [-0.05, 0) is 88.0 Å². The first-order chi connectivity index (χ1) is 27.7. The normalized spacial score (nSPS) is 11.6. The largest absolute Gasteiger partial charge is 0.292 e. The van der Waals surface area contributed by atoms with E-state index in [1.165, 1.54) is 36.9 Å². The van der Waals surface area contributed by atoms with Gasteiger partial charge in [-0.2, -0.15) is 0 Å². The van der Waals surface area contributed by atoms with E-state index in [1.54, 1.807) is 0 Å². The van der Waals surface area contributed by atoms with E-state index in [9.17, 15) is 0 Å². The van der Waals surface area contributed by atoms with E-state index in [2.05, 4.69) is 199 Å².